The maximum absolute atomic E-state index is 14.1. The number of phenolic OH excluding ortho intramolecular Hbond substituents is 2. The zero-order valence-corrected chi connectivity index (χ0v) is 31.8. The lowest BCUT2D eigenvalue weighted by Crippen LogP contribution is -2.21. The number of fused-ring (bicyclic) bond motifs is 6. The van der Waals surface area contributed by atoms with Gasteiger partial charge in [0.1, 0.15) is 21.3 Å². The van der Waals surface area contributed by atoms with Gasteiger partial charge >= 0.3 is 6.03 Å². The standard InChI is InChI=1S/C35H26N4O13S4/c1-17-3-11-25-29(33(17)53(43,44)38(25)27-13-5-19-15-21(55(47,48)49)7-9-23(19)31(27)40)36-35(42)37-30-26-12-4-18(2)34(30)54(45,46)39(26)28-14-6-20-16-22(56(50,51)52)8-10-24(20)32(28)41/h3-16,40-41H,1-2H3,(H2,36,37,42)(H,47,48,49)(H,50,51,52). The molecule has 2 heterocycles. The van der Waals surface area contributed by atoms with Crippen LogP contribution in [0, 0.1) is 13.8 Å². The third-order valence-corrected chi connectivity index (χ3v) is 15.0. The molecule has 8 rings (SSSR count). The van der Waals surface area contributed by atoms with Crippen LogP contribution in [0.15, 0.2) is 105 Å². The molecule has 2 aliphatic rings. The number of amides is 2. The summed E-state index contributed by atoms with van der Waals surface area (Å²) in [6, 6.07) is 16.5. The number of nitrogens with zero attached hydrogens (tertiary/aromatic N) is 2. The fourth-order valence-electron chi connectivity index (χ4n) is 7.02. The molecule has 6 N–H and O–H groups in total. The summed E-state index contributed by atoms with van der Waals surface area (Å²) in [6.07, 6.45) is 0. The molecular formula is C35H26N4O13S4. The van der Waals surface area contributed by atoms with Crippen LogP contribution in [0.1, 0.15) is 11.1 Å². The van der Waals surface area contributed by atoms with Gasteiger partial charge in [-0.25, -0.2) is 30.2 Å². The average molecular weight is 839 g/mol. The van der Waals surface area contributed by atoms with Crippen molar-refractivity contribution < 1.29 is 57.8 Å². The number of benzene rings is 6. The molecule has 0 aromatic heterocycles. The molecule has 0 spiro atoms. The second-order valence-corrected chi connectivity index (χ2v) is 19.2. The first-order valence-electron chi connectivity index (χ1n) is 16.0. The Labute approximate surface area is 318 Å². The Morgan fingerprint density at radius 2 is 0.911 bits per heavy atom. The molecule has 0 saturated heterocycles. The van der Waals surface area contributed by atoms with Gasteiger partial charge in [-0.05, 0) is 96.4 Å². The van der Waals surface area contributed by atoms with Crippen molar-refractivity contribution >= 4 is 102 Å². The van der Waals surface area contributed by atoms with Gasteiger partial charge in [-0.1, -0.05) is 24.3 Å². The molecule has 56 heavy (non-hydrogen) atoms. The smallest absolute Gasteiger partial charge is 0.323 e. The number of aromatic hydroxyl groups is 2. The molecule has 288 valence electrons. The SMILES string of the molecule is Cc1ccc2c(NC(=O)Nc3c4ccc(C)c3S(=O)(=O)N4c3ccc4cc(S(=O)(=O)O)ccc4c3O)c1S(=O)(=O)N2c1ccc2cc(S(=O)(=O)O)ccc2c1O. The van der Waals surface area contributed by atoms with E-state index in [4.69, 9.17) is 0 Å². The molecule has 0 aliphatic carbocycles. The van der Waals surface area contributed by atoms with E-state index in [1.807, 2.05) is 0 Å². The predicted octanol–water partition coefficient (Wildman–Crippen LogP) is 5.84. The first kappa shape index (κ1) is 37.0. The second kappa shape index (κ2) is 12.0. The predicted molar refractivity (Wildman–Crippen MR) is 205 cm³/mol. The number of urea groups is 1. The highest BCUT2D eigenvalue weighted by Crippen LogP contribution is 2.54. The molecule has 21 heteroatoms. The summed E-state index contributed by atoms with van der Waals surface area (Å²) in [6.45, 7) is 2.96. The summed E-state index contributed by atoms with van der Waals surface area (Å²) in [5.41, 5.74) is -0.620. The molecule has 4 bridgehead atoms. The normalized spacial score (nSPS) is 15.4. The molecule has 0 saturated carbocycles. The number of phenols is 2. The Bertz CT molecular complexity index is 3050. The van der Waals surface area contributed by atoms with E-state index in [0.29, 0.717) is 0 Å². The van der Waals surface area contributed by atoms with Gasteiger partial charge in [-0.2, -0.15) is 16.8 Å². The topological polar surface area (TPSA) is 265 Å². The van der Waals surface area contributed by atoms with Crippen molar-refractivity contribution in [3.05, 3.63) is 96.1 Å². The van der Waals surface area contributed by atoms with E-state index < -0.39 is 67.6 Å². The zero-order chi connectivity index (χ0) is 40.4. The van der Waals surface area contributed by atoms with Gasteiger partial charge in [0.25, 0.3) is 40.3 Å². The number of carbonyl (C=O) groups is 1. The van der Waals surface area contributed by atoms with Gasteiger partial charge in [-0.15, -0.1) is 0 Å². The fraction of sp³-hybridized carbons (Fsp3) is 0.0571. The number of nitrogens with one attached hydrogen (secondary N) is 2. The summed E-state index contributed by atoms with van der Waals surface area (Å²) in [5.74, 6) is -1.10. The minimum Gasteiger partial charge on any atom is -0.505 e. The average Bonchev–Trinajstić information content (AvgIpc) is 3.35. The van der Waals surface area contributed by atoms with Crippen molar-refractivity contribution in [1.29, 1.82) is 0 Å². The summed E-state index contributed by atoms with van der Waals surface area (Å²) in [7, 11) is -18.2. The summed E-state index contributed by atoms with van der Waals surface area (Å²) >= 11 is 0. The summed E-state index contributed by atoms with van der Waals surface area (Å²) in [4.78, 5) is 12.3. The van der Waals surface area contributed by atoms with Crippen molar-refractivity contribution in [3.8, 4) is 11.5 Å². The van der Waals surface area contributed by atoms with Gasteiger partial charge in [0.05, 0.1) is 43.9 Å². The number of anilines is 6. The zero-order valence-electron chi connectivity index (χ0n) is 28.6. The molecular weight excluding hydrogens is 813 g/mol. The van der Waals surface area contributed by atoms with E-state index in [2.05, 4.69) is 10.6 Å². The molecule has 17 nitrogen and oxygen atoms in total. The lowest BCUT2D eigenvalue weighted by atomic mass is 10.1. The first-order valence-corrected chi connectivity index (χ1v) is 21.8. The quantitative estimate of drug-likeness (QED) is 0.108. The van der Waals surface area contributed by atoms with Crippen LogP contribution in [0.25, 0.3) is 21.5 Å². The van der Waals surface area contributed by atoms with Crippen LogP contribution < -0.4 is 19.2 Å². The van der Waals surface area contributed by atoms with Gasteiger partial charge < -0.3 is 20.8 Å². The second-order valence-electron chi connectivity index (χ2n) is 12.9. The number of hydrogen-bond donors (Lipinski definition) is 6. The number of sulfonamides is 2. The third-order valence-electron chi connectivity index (χ3n) is 9.49. The van der Waals surface area contributed by atoms with E-state index >= 15 is 0 Å². The lowest BCUT2D eigenvalue weighted by Gasteiger charge is -2.20. The van der Waals surface area contributed by atoms with Crippen LogP contribution in [-0.2, 0) is 40.3 Å². The summed E-state index contributed by atoms with van der Waals surface area (Å²) < 4.78 is 123. The lowest BCUT2D eigenvalue weighted by molar-refractivity contribution is 0.262. The highest BCUT2D eigenvalue weighted by molar-refractivity contribution is 7.94. The van der Waals surface area contributed by atoms with Crippen molar-refractivity contribution in [2.45, 2.75) is 33.4 Å². The fourth-order valence-corrected chi connectivity index (χ4v) is 11.8. The number of aryl methyl sites for hydroxylation is 2. The maximum atomic E-state index is 14.1. The highest BCUT2D eigenvalue weighted by Gasteiger charge is 2.44. The van der Waals surface area contributed by atoms with Crippen molar-refractivity contribution in [3.63, 3.8) is 0 Å². The molecule has 6 aromatic carbocycles. The molecule has 6 aromatic rings. The maximum Gasteiger partial charge on any atom is 0.323 e. The van der Waals surface area contributed by atoms with Gasteiger partial charge in [0.15, 0.2) is 0 Å². The monoisotopic (exact) mass is 838 g/mol. The van der Waals surface area contributed by atoms with E-state index in [0.717, 1.165) is 32.9 Å². The molecule has 0 unspecified atom stereocenters. The van der Waals surface area contributed by atoms with E-state index in [-0.39, 0.29) is 76.6 Å². The van der Waals surface area contributed by atoms with Crippen molar-refractivity contribution in [2.75, 3.05) is 19.2 Å². The Hall–Kier alpha value is -5.97. The van der Waals surface area contributed by atoms with Gasteiger partial charge in [-0.3, -0.25) is 9.11 Å². The number of hydrogen-bond acceptors (Lipinski definition) is 11. The van der Waals surface area contributed by atoms with E-state index in [9.17, 15) is 57.8 Å². The Kier molecular flexibility index (Phi) is 7.93. The molecule has 0 atom stereocenters. The van der Waals surface area contributed by atoms with Crippen molar-refractivity contribution in [2.24, 2.45) is 0 Å². The van der Waals surface area contributed by atoms with Gasteiger partial charge in [0, 0.05) is 10.8 Å². The molecule has 0 fully saturated rings. The number of rotatable bonds is 6. The third kappa shape index (κ3) is 5.42. The minimum absolute atomic E-state index is 0.0537. The van der Waals surface area contributed by atoms with Crippen LogP contribution in [0.3, 0.4) is 0 Å². The Morgan fingerprint density at radius 3 is 1.27 bits per heavy atom. The first-order chi connectivity index (χ1) is 26.1. The van der Waals surface area contributed by atoms with Crippen LogP contribution in [-0.4, -0.2) is 59.0 Å². The number of carbonyl (C=O) groups excluding carboxylic acids is 1. The van der Waals surface area contributed by atoms with E-state index in [1.54, 1.807) is 0 Å². The van der Waals surface area contributed by atoms with Crippen LogP contribution in [0.2, 0.25) is 0 Å². The Morgan fingerprint density at radius 1 is 0.554 bits per heavy atom. The van der Waals surface area contributed by atoms with E-state index in [1.165, 1.54) is 74.5 Å². The largest absolute Gasteiger partial charge is 0.505 e. The van der Waals surface area contributed by atoms with Crippen molar-refractivity contribution in [1.82, 2.24) is 0 Å². The van der Waals surface area contributed by atoms with Crippen LogP contribution >= 0.6 is 0 Å². The van der Waals surface area contributed by atoms with Crippen LogP contribution in [0.5, 0.6) is 11.5 Å². The molecule has 0 radical (unpaired) electrons. The highest BCUT2D eigenvalue weighted by atomic mass is 32.2. The minimum atomic E-state index is -4.58. The molecule has 2 aliphatic heterocycles. The summed E-state index contributed by atoms with van der Waals surface area (Å²) in [5, 5.41) is 28.0. The van der Waals surface area contributed by atoms with Gasteiger partial charge in [0.2, 0.25) is 0 Å². The van der Waals surface area contributed by atoms with Crippen LogP contribution in [0.4, 0.5) is 38.9 Å². The molecule has 2 amide bonds. The Balaban J connectivity index is 1.17.